The van der Waals surface area contributed by atoms with Gasteiger partial charge in [-0.05, 0) is 24.1 Å². The Kier molecular flexibility index (Phi) is 5.41. The molecule has 1 aliphatic heterocycles. The number of hydrogen-bond acceptors (Lipinski definition) is 3. The highest BCUT2D eigenvalue weighted by Crippen LogP contribution is 2.24. The van der Waals surface area contributed by atoms with Crippen molar-refractivity contribution < 1.29 is 8.42 Å². The van der Waals surface area contributed by atoms with Crippen LogP contribution in [0.3, 0.4) is 0 Å². The first-order valence-electron chi connectivity index (χ1n) is 5.64. The van der Waals surface area contributed by atoms with Crippen LogP contribution in [0, 0.1) is 0 Å². The predicted molar refractivity (Wildman–Crippen MR) is 87.1 cm³/mol. The molecule has 106 valence electrons. The van der Waals surface area contributed by atoms with Crippen LogP contribution in [0.1, 0.15) is 12.0 Å². The summed E-state index contributed by atoms with van der Waals surface area (Å²) in [5.74, 6) is 0.268. The Labute approximate surface area is 129 Å². The van der Waals surface area contributed by atoms with Crippen molar-refractivity contribution in [1.29, 1.82) is 0 Å². The summed E-state index contributed by atoms with van der Waals surface area (Å²) < 4.78 is 24.9. The molecule has 1 aliphatic rings. The second-order valence-electron chi connectivity index (χ2n) is 4.15. The summed E-state index contributed by atoms with van der Waals surface area (Å²) in [7, 11) is -3.11. The van der Waals surface area contributed by atoms with Crippen molar-refractivity contribution in [3.8, 4) is 0 Å². The van der Waals surface area contributed by atoms with Crippen molar-refractivity contribution in [2.45, 2.75) is 13.0 Å². The van der Waals surface area contributed by atoms with Gasteiger partial charge >= 0.3 is 0 Å². The molecule has 1 aromatic carbocycles. The van der Waals surface area contributed by atoms with Crippen molar-refractivity contribution in [3.63, 3.8) is 0 Å². The summed E-state index contributed by atoms with van der Waals surface area (Å²) in [4.78, 5) is 3.89. The number of nitrogens with two attached hydrogens (primary N) is 2. The lowest BCUT2D eigenvalue weighted by atomic mass is 10.2. The fraction of sp³-hybridized carbons (Fsp3) is 0.364. The van der Waals surface area contributed by atoms with Crippen LogP contribution >= 0.6 is 24.0 Å². The van der Waals surface area contributed by atoms with E-state index in [0.717, 1.165) is 5.56 Å². The molecular weight excluding hydrogens is 379 g/mol. The molecule has 6 nitrogen and oxygen atoms in total. The molecule has 1 heterocycles. The van der Waals surface area contributed by atoms with E-state index < -0.39 is 10.0 Å². The Hall–Kier alpha value is -1.03. The number of guanidine groups is 1. The first-order chi connectivity index (χ1) is 8.49. The molecule has 0 saturated carbocycles. The van der Waals surface area contributed by atoms with Gasteiger partial charge in [0.15, 0.2) is 5.96 Å². The highest BCUT2D eigenvalue weighted by atomic mass is 127. The molecule has 4 N–H and O–H groups in total. The predicted octanol–water partition coefficient (Wildman–Crippen LogP) is 0.618. The molecule has 0 amide bonds. The normalized spacial score (nSPS) is 16.7. The quantitative estimate of drug-likeness (QED) is 0.444. The minimum absolute atomic E-state index is 0. The average Bonchev–Trinajstić information content (AvgIpc) is 2.67. The highest BCUT2D eigenvalue weighted by Gasteiger charge is 2.28. The molecule has 19 heavy (non-hydrogen) atoms. The van der Waals surface area contributed by atoms with Gasteiger partial charge in [0.05, 0.1) is 18.0 Å². The standard InChI is InChI=1S/C11H16N4O2S.HI/c12-11(13)14-8-9-2-4-10(5-3-9)15-6-1-7-18(15,16)17;/h2-5H,1,6-8H2,(H4,12,13,14);1H. The third kappa shape index (κ3) is 3.96. The summed E-state index contributed by atoms with van der Waals surface area (Å²) in [5.41, 5.74) is 12.1. The fourth-order valence-corrected chi connectivity index (χ4v) is 3.44. The Morgan fingerprint density at radius 1 is 1.26 bits per heavy atom. The number of rotatable bonds is 3. The maximum Gasteiger partial charge on any atom is 0.235 e. The lowest BCUT2D eigenvalue weighted by Gasteiger charge is -2.16. The van der Waals surface area contributed by atoms with Crippen LogP contribution in [0.2, 0.25) is 0 Å². The maximum atomic E-state index is 11.7. The number of halogens is 1. The molecular formula is C11H17IN4O2S. The zero-order valence-electron chi connectivity index (χ0n) is 10.3. The number of hydrogen-bond donors (Lipinski definition) is 2. The Morgan fingerprint density at radius 3 is 2.37 bits per heavy atom. The minimum atomic E-state index is -3.11. The Morgan fingerprint density at radius 2 is 1.89 bits per heavy atom. The van der Waals surface area contributed by atoms with E-state index >= 15 is 0 Å². The van der Waals surface area contributed by atoms with E-state index in [1.165, 1.54) is 4.31 Å². The van der Waals surface area contributed by atoms with E-state index in [2.05, 4.69) is 4.99 Å². The maximum absolute atomic E-state index is 11.7. The van der Waals surface area contributed by atoms with Crippen LogP contribution < -0.4 is 15.8 Å². The fourth-order valence-electron chi connectivity index (χ4n) is 1.88. The average molecular weight is 396 g/mol. The third-order valence-corrected chi connectivity index (χ3v) is 4.64. The SMILES string of the molecule is I.NC(N)=NCc1ccc(N2CCCS2(=O)=O)cc1. The summed E-state index contributed by atoms with van der Waals surface area (Å²) in [6.07, 6.45) is 0.679. The van der Waals surface area contributed by atoms with Crippen LogP contribution in [0.4, 0.5) is 5.69 Å². The van der Waals surface area contributed by atoms with Gasteiger partial charge in [-0.15, -0.1) is 24.0 Å². The topological polar surface area (TPSA) is 102 Å². The minimum Gasteiger partial charge on any atom is -0.370 e. The smallest absolute Gasteiger partial charge is 0.235 e. The molecule has 0 aromatic heterocycles. The number of nitrogens with zero attached hydrogens (tertiary/aromatic N) is 2. The van der Waals surface area contributed by atoms with Gasteiger partial charge in [0.2, 0.25) is 10.0 Å². The van der Waals surface area contributed by atoms with Crippen LogP contribution in [0.5, 0.6) is 0 Å². The van der Waals surface area contributed by atoms with E-state index in [9.17, 15) is 8.42 Å². The molecule has 0 atom stereocenters. The monoisotopic (exact) mass is 396 g/mol. The third-order valence-electron chi connectivity index (χ3n) is 2.77. The van der Waals surface area contributed by atoms with E-state index in [-0.39, 0.29) is 35.7 Å². The van der Waals surface area contributed by atoms with Crippen LogP contribution in [-0.2, 0) is 16.6 Å². The van der Waals surface area contributed by atoms with Gasteiger partial charge in [0.1, 0.15) is 0 Å². The highest BCUT2D eigenvalue weighted by molar-refractivity contribution is 14.0. The van der Waals surface area contributed by atoms with Gasteiger partial charge in [-0.2, -0.15) is 0 Å². The molecule has 0 aliphatic carbocycles. The first kappa shape index (κ1) is 16.0. The van der Waals surface area contributed by atoms with Crippen LogP contribution in [0.15, 0.2) is 29.3 Å². The van der Waals surface area contributed by atoms with Gasteiger partial charge in [-0.1, -0.05) is 12.1 Å². The van der Waals surface area contributed by atoms with Gasteiger partial charge in [0, 0.05) is 6.54 Å². The van der Waals surface area contributed by atoms with Gasteiger partial charge in [-0.3, -0.25) is 4.31 Å². The molecule has 8 heteroatoms. The van der Waals surface area contributed by atoms with Crippen molar-refractivity contribution >= 4 is 45.6 Å². The molecule has 1 fully saturated rings. The van der Waals surface area contributed by atoms with E-state index in [1.54, 1.807) is 12.1 Å². The second-order valence-corrected chi connectivity index (χ2v) is 6.16. The van der Waals surface area contributed by atoms with Crippen molar-refractivity contribution in [2.75, 3.05) is 16.6 Å². The van der Waals surface area contributed by atoms with Crippen molar-refractivity contribution in [3.05, 3.63) is 29.8 Å². The summed E-state index contributed by atoms with van der Waals surface area (Å²) in [6, 6.07) is 7.21. The lowest BCUT2D eigenvalue weighted by Crippen LogP contribution is -2.25. The molecule has 2 rings (SSSR count). The molecule has 0 bridgehead atoms. The van der Waals surface area contributed by atoms with E-state index in [4.69, 9.17) is 11.5 Å². The van der Waals surface area contributed by atoms with Gasteiger partial charge in [-0.25, -0.2) is 13.4 Å². The van der Waals surface area contributed by atoms with Crippen molar-refractivity contribution in [1.82, 2.24) is 0 Å². The summed E-state index contributed by atoms with van der Waals surface area (Å²) in [5, 5.41) is 0. The Bertz CT molecular complexity index is 553. The number of aliphatic imine (C=N–C) groups is 1. The number of sulfonamides is 1. The van der Waals surface area contributed by atoms with Crippen molar-refractivity contribution in [2.24, 2.45) is 16.5 Å². The molecule has 1 aromatic rings. The Balaban J connectivity index is 0.00000180. The largest absolute Gasteiger partial charge is 0.370 e. The molecule has 0 spiro atoms. The van der Waals surface area contributed by atoms with E-state index in [0.29, 0.717) is 25.2 Å². The first-order valence-corrected chi connectivity index (χ1v) is 7.25. The van der Waals surface area contributed by atoms with E-state index in [1.807, 2.05) is 12.1 Å². The zero-order valence-corrected chi connectivity index (χ0v) is 13.5. The van der Waals surface area contributed by atoms with Crippen LogP contribution in [0.25, 0.3) is 0 Å². The molecule has 1 saturated heterocycles. The number of anilines is 1. The van der Waals surface area contributed by atoms with Gasteiger partial charge in [0.25, 0.3) is 0 Å². The second kappa shape index (κ2) is 6.42. The summed E-state index contributed by atoms with van der Waals surface area (Å²) in [6.45, 7) is 0.949. The summed E-state index contributed by atoms with van der Waals surface area (Å²) >= 11 is 0. The molecule has 0 unspecified atom stereocenters. The molecule has 0 radical (unpaired) electrons. The lowest BCUT2D eigenvalue weighted by molar-refractivity contribution is 0.599. The van der Waals surface area contributed by atoms with Crippen LogP contribution in [-0.4, -0.2) is 26.7 Å². The zero-order chi connectivity index (χ0) is 13.2. The number of benzene rings is 1. The van der Waals surface area contributed by atoms with Gasteiger partial charge < -0.3 is 11.5 Å².